The Morgan fingerprint density at radius 3 is 2.05 bits per heavy atom. The van der Waals surface area contributed by atoms with Gasteiger partial charge in [0.05, 0.1) is 13.2 Å². The van der Waals surface area contributed by atoms with E-state index in [1.54, 1.807) is 19.9 Å². The highest BCUT2D eigenvalue weighted by Crippen LogP contribution is 2.34. The maximum atomic E-state index is 10.4. The van der Waals surface area contributed by atoms with Gasteiger partial charge in [0.25, 0.3) is 0 Å². The van der Waals surface area contributed by atoms with Gasteiger partial charge in [0.2, 0.25) is 0 Å². The molecule has 0 bridgehead atoms. The smallest absolute Gasteiger partial charge is 0.319 e. The fourth-order valence-corrected chi connectivity index (χ4v) is 2.21. The van der Waals surface area contributed by atoms with Gasteiger partial charge >= 0.3 is 8.25 Å². The first kappa shape index (κ1) is 20.0. The molecule has 0 aliphatic carbocycles. The molecule has 0 atom stereocenters. The van der Waals surface area contributed by atoms with Gasteiger partial charge in [0, 0.05) is 11.3 Å². The molecule has 0 unspecified atom stereocenters. The SMILES string of the molecule is CCO[PH](=O)OCC.Cc1cc(N)cc(C(C)(C)C)c1O. The first-order valence-electron chi connectivity index (χ1n) is 7.02. The Kier molecular flexibility index (Phi) is 8.64. The summed E-state index contributed by atoms with van der Waals surface area (Å²) in [5, 5.41) is 9.80. The molecule has 0 heterocycles. The van der Waals surface area contributed by atoms with E-state index < -0.39 is 8.25 Å². The van der Waals surface area contributed by atoms with Gasteiger partial charge in [0.1, 0.15) is 5.75 Å². The van der Waals surface area contributed by atoms with Crippen LogP contribution in [-0.4, -0.2) is 18.3 Å². The third-order valence-electron chi connectivity index (χ3n) is 2.66. The van der Waals surface area contributed by atoms with Crippen LogP contribution in [0.25, 0.3) is 0 Å². The van der Waals surface area contributed by atoms with Crippen molar-refractivity contribution in [1.29, 1.82) is 0 Å². The summed E-state index contributed by atoms with van der Waals surface area (Å²) in [7, 11) is -2.14. The summed E-state index contributed by atoms with van der Waals surface area (Å²) in [6, 6.07) is 3.62. The highest BCUT2D eigenvalue weighted by Gasteiger charge is 2.19. The number of aromatic hydroxyl groups is 1. The van der Waals surface area contributed by atoms with Crippen LogP contribution >= 0.6 is 8.25 Å². The average Bonchev–Trinajstić information content (AvgIpc) is 2.34. The zero-order valence-electron chi connectivity index (χ0n) is 13.8. The lowest BCUT2D eigenvalue weighted by Crippen LogP contribution is -2.12. The van der Waals surface area contributed by atoms with Crippen LogP contribution in [0.4, 0.5) is 5.69 Å². The summed E-state index contributed by atoms with van der Waals surface area (Å²) >= 11 is 0. The van der Waals surface area contributed by atoms with Crippen molar-refractivity contribution in [3.8, 4) is 5.75 Å². The van der Waals surface area contributed by atoms with Crippen molar-refractivity contribution < 1.29 is 18.7 Å². The lowest BCUT2D eigenvalue weighted by atomic mass is 9.85. The molecule has 0 aliphatic heterocycles. The average molecular weight is 317 g/mol. The van der Waals surface area contributed by atoms with Gasteiger partial charge in [-0.05, 0) is 43.9 Å². The van der Waals surface area contributed by atoms with Crippen molar-refractivity contribution in [2.75, 3.05) is 18.9 Å². The van der Waals surface area contributed by atoms with Gasteiger partial charge < -0.3 is 19.9 Å². The molecule has 5 nitrogen and oxygen atoms in total. The number of nitrogens with two attached hydrogens (primary N) is 1. The highest BCUT2D eigenvalue weighted by molar-refractivity contribution is 7.33. The Morgan fingerprint density at radius 1 is 1.19 bits per heavy atom. The maximum absolute atomic E-state index is 10.4. The molecule has 0 saturated heterocycles. The molecule has 0 spiro atoms. The second-order valence-corrected chi connectivity index (χ2v) is 6.68. The van der Waals surface area contributed by atoms with E-state index in [4.69, 9.17) is 5.73 Å². The van der Waals surface area contributed by atoms with Crippen LogP contribution in [0.15, 0.2) is 12.1 Å². The number of benzene rings is 1. The minimum absolute atomic E-state index is 0.0653. The molecule has 21 heavy (non-hydrogen) atoms. The number of hydrogen-bond acceptors (Lipinski definition) is 5. The summed E-state index contributed by atoms with van der Waals surface area (Å²) in [4.78, 5) is 0. The van der Waals surface area contributed by atoms with E-state index in [1.807, 2.05) is 13.0 Å². The number of nitrogen functional groups attached to an aromatic ring is 1. The zero-order chi connectivity index (χ0) is 16.6. The third-order valence-corrected chi connectivity index (χ3v) is 3.70. The molecule has 0 aliphatic rings. The molecule has 0 aromatic heterocycles. The summed E-state index contributed by atoms with van der Waals surface area (Å²) in [6.45, 7) is 12.5. The quantitative estimate of drug-likeness (QED) is 0.498. The second-order valence-electron chi connectivity index (χ2n) is 5.60. The van der Waals surface area contributed by atoms with E-state index in [-0.39, 0.29) is 5.41 Å². The van der Waals surface area contributed by atoms with Crippen LogP contribution in [0, 0.1) is 6.92 Å². The monoisotopic (exact) mass is 317 g/mol. The number of phenols is 1. The molecule has 6 heteroatoms. The van der Waals surface area contributed by atoms with Crippen molar-refractivity contribution in [2.24, 2.45) is 0 Å². The number of hydrogen-bond donors (Lipinski definition) is 2. The lowest BCUT2D eigenvalue weighted by molar-refractivity contribution is 0.243. The van der Waals surface area contributed by atoms with Crippen LogP contribution in [-0.2, 0) is 19.0 Å². The van der Waals surface area contributed by atoms with E-state index in [9.17, 15) is 9.67 Å². The van der Waals surface area contributed by atoms with Gasteiger partial charge in [-0.3, -0.25) is 4.57 Å². The van der Waals surface area contributed by atoms with Crippen LogP contribution in [0.5, 0.6) is 5.75 Å². The molecule has 0 amide bonds. The standard InChI is InChI=1S/C11H17NO.C4H11O3P/c1-7-5-8(12)6-9(10(7)13)11(2,3)4;1-3-6-8(5)7-4-2/h5-6,13H,12H2,1-4H3;8H,3-4H2,1-2H3. The van der Waals surface area contributed by atoms with E-state index in [2.05, 4.69) is 29.8 Å². The molecule has 1 rings (SSSR count). The normalized spacial score (nSPS) is 11.2. The Morgan fingerprint density at radius 2 is 1.67 bits per heavy atom. The molecule has 122 valence electrons. The van der Waals surface area contributed by atoms with E-state index in [0.29, 0.717) is 24.7 Å². The molecular formula is C15H28NO4P. The third kappa shape index (κ3) is 7.51. The van der Waals surface area contributed by atoms with Crippen LogP contribution in [0.2, 0.25) is 0 Å². The van der Waals surface area contributed by atoms with Gasteiger partial charge in [-0.2, -0.15) is 0 Å². The molecule has 1 aromatic carbocycles. The fourth-order valence-electron chi connectivity index (χ4n) is 1.66. The maximum Gasteiger partial charge on any atom is 0.319 e. The molecule has 1 aromatic rings. The Bertz CT molecular complexity index is 461. The van der Waals surface area contributed by atoms with Crippen molar-refractivity contribution in [1.82, 2.24) is 0 Å². The largest absolute Gasteiger partial charge is 0.507 e. The van der Waals surface area contributed by atoms with Crippen molar-refractivity contribution in [3.05, 3.63) is 23.3 Å². The van der Waals surface area contributed by atoms with E-state index >= 15 is 0 Å². The van der Waals surface area contributed by atoms with Gasteiger partial charge in [-0.15, -0.1) is 0 Å². The number of rotatable bonds is 4. The number of phenolic OH excluding ortho intramolecular Hbond substituents is 1. The molecule has 3 N–H and O–H groups in total. The van der Waals surface area contributed by atoms with Crippen LogP contribution in [0.1, 0.15) is 45.7 Å². The number of anilines is 1. The molecule has 0 radical (unpaired) electrons. The minimum Gasteiger partial charge on any atom is -0.507 e. The zero-order valence-corrected chi connectivity index (χ0v) is 14.8. The topological polar surface area (TPSA) is 81.8 Å². The van der Waals surface area contributed by atoms with Crippen molar-refractivity contribution in [3.63, 3.8) is 0 Å². The lowest BCUT2D eigenvalue weighted by Gasteiger charge is -2.21. The van der Waals surface area contributed by atoms with E-state index in [0.717, 1.165) is 11.1 Å². The number of aryl methyl sites for hydroxylation is 1. The molecule has 0 saturated carbocycles. The Balaban J connectivity index is 0.000000433. The second kappa shape index (κ2) is 9.08. The highest BCUT2D eigenvalue weighted by atomic mass is 31.1. The van der Waals surface area contributed by atoms with Crippen LogP contribution < -0.4 is 5.73 Å². The molecule has 0 fully saturated rings. The fraction of sp³-hybridized carbons (Fsp3) is 0.600. The van der Waals surface area contributed by atoms with Gasteiger partial charge in [-0.25, -0.2) is 0 Å². The predicted molar refractivity (Wildman–Crippen MR) is 88.2 cm³/mol. The molecular weight excluding hydrogens is 289 g/mol. The summed E-state index contributed by atoms with van der Waals surface area (Å²) in [6.07, 6.45) is 0. The first-order chi connectivity index (χ1) is 9.63. The first-order valence-corrected chi connectivity index (χ1v) is 8.25. The van der Waals surface area contributed by atoms with E-state index in [1.165, 1.54) is 0 Å². The van der Waals surface area contributed by atoms with Gasteiger partial charge in [0.15, 0.2) is 0 Å². The summed E-state index contributed by atoms with van der Waals surface area (Å²) < 4.78 is 19.6. The summed E-state index contributed by atoms with van der Waals surface area (Å²) in [5.74, 6) is 0.363. The predicted octanol–water partition coefficient (Wildman–Crippen LogP) is 4.03. The minimum atomic E-state index is -2.14. The Labute approximate surface area is 128 Å². The van der Waals surface area contributed by atoms with Crippen LogP contribution in [0.3, 0.4) is 0 Å². The van der Waals surface area contributed by atoms with Crippen molar-refractivity contribution in [2.45, 2.75) is 47.0 Å². The Hall–Kier alpha value is -1.03. The van der Waals surface area contributed by atoms with Crippen molar-refractivity contribution >= 4 is 13.9 Å². The van der Waals surface area contributed by atoms with Gasteiger partial charge in [-0.1, -0.05) is 20.8 Å². The summed E-state index contributed by atoms with van der Waals surface area (Å²) in [5.41, 5.74) is 8.10.